The van der Waals surface area contributed by atoms with Gasteiger partial charge < -0.3 is 19.8 Å². The summed E-state index contributed by atoms with van der Waals surface area (Å²) >= 11 is 6.36. The van der Waals surface area contributed by atoms with Crippen molar-refractivity contribution in [1.29, 1.82) is 0 Å². The summed E-state index contributed by atoms with van der Waals surface area (Å²) in [5.74, 6) is -1.88. The zero-order chi connectivity index (χ0) is 26.1. The Morgan fingerprint density at radius 1 is 1.03 bits per heavy atom. The van der Waals surface area contributed by atoms with Crippen molar-refractivity contribution in [3.63, 3.8) is 0 Å². The van der Waals surface area contributed by atoms with E-state index in [0.717, 1.165) is 31.6 Å². The normalized spacial score (nSPS) is 20.2. The second kappa shape index (κ2) is 10.5. The second-order valence-electron chi connectivity index (χ2n) is 10.2. The molecule has 0 radical (unpaired) electrons. The van der Waals surface area contributed by atoms with Crippen LogP contribution in [0.4, 0.5) is 18.9 Å². The Morgan fingerprint density at radius 3 is 1.97 bits per heavy atom. The van der Waals surface area contributed by atoms with E-state index in [4.69, 9.17) is 11.6 Å². The zero-order valence-electron chi connectivity index (χ0n) is 20.7. The average molecular weight is 518 g/mol. The highest BCUT2D eigenvalue weighted by atomic mass is 35.5. The van der Waals surface area contributed by atoms with Gasteiger partial charge in [-0.2, -0.15) is 13.2 Å². The standard InChI is InChI=1S/C25H35ClF3N3O3/c1-16(2)24(35,25(27,28)29)23(34)32-13-9-18(10-14-32)17-7-11-31(12-8-17)19-5-6-20(21(26)15-19)22(33)30(3)4/h5-6,15-18,35H,7-14H2,1-4H3/t24-/m1/s1. The Bertz CT molecular complexity index is 924. The first kappa shape index (κ1) is 27.6. The quantitative estimate of drug-likeness (QED) is 0.627. The number of amides is 2. The maximum Gasteiger partial charge on any atom is 0.426 e. The predicted molar refractivity (Wildman–Crippen MR) is 130 cm³/mol. The van der Waals surface area contributed by atoms with Crippen molar-refractivity contribution < 1.29 is 27.9 Å². The van der Waals surface area contributed by atoms with Crippen LogP contribution >= 0.6 is 11.6 Å². The topological polar surface area (TPSA) is 64.1 Å². The Balaban J connectivity index is 1.55. The number of carbonyl (C=O) groups excluding carboxylic acids is 2. The lowest BCUT2D eigenvalue weighted by atomic mass is 9.78. The maximum absolute atomic E-state index is 13.5. The molecule has 2 fully saturated rings. The Hall–Kier alpha value is -2.00. The van der Waals surface area contributed by atoms with Gasteiger partial charge in [0, 0.05) is 51.9 Å². The van der Waals surface area contributed by atoms with Gasteiger partial charge >= 0.3 is 6.18 Å². The number of hydrogen-bond donors (Lipinski definition) is 1. The van der Waals surface area contributed by atoms with E-state index >= 15 is 0 Å². The van der Waals surface area contributed by atoms with Gasteiger partial charge in [0.05, 0.1) is 10.6 Å². The van der Waals surface area contributed by atoms with Crippen LogP contribution in [0.2, 0.25) is 5.02 Å². The van der Waals surface area contributed by atoms with Gasteiger partial charge in [0.2, 0.25) is 5.60 Å². The maximum atomic E-state index is 13.5. The van der Waals surface area contributed by atoms with Crippen molar-refractivity contribution in [3.05, 3.63) is 28.8 Å². The molecule has 6 nitrogen and oxygen atoms in total. The van der Waals surface area contributed by atoms with Crippen molar-refractivity contribution >= 4 is 29.1 Å². The molecule has 0 saturated carbocycles. The number of piperidine rings is 2. The minimum Gasteiger partial charge on any atom is -0.372 e. The molecule has 2 aliphatic heterocycles. The average Bonchev–Trinajstić information content (AvgIpc) is 2.81. The van der Waals surface area contributed by atoms with E-state index in [1.54, 1.807) is 20.2 Å². The summed E-state index contributed by atoms with van der Waals surface area (Å²) in [6, 6.07) is 5.47. The predicted octanol–water partition coefficient (Wildman–Crippen LogP) is 4.45. The molecule has 2 saturated heterocycles. The third-order valence-electron chi connectivity index (χ3n) is 7.58. The fraction of sp³-hybridized carbons (Fsp3) is 0.680. The van der Waals surface area contributed by atoms with E-state index < -0.39 is 23.6 Å². The molecule has 196 valence electrons. The lowest BCUT2D eigenvalue weighted by molar-refractivity contribution is -0.270. The summed E-state index contributed by atoms with van der Waals surface area (Å²) in [6.07, 6.45) is -1.87. The van der Waals surface area contributed by atoms with Crippen molar-refractivity contribution in [2.24, 2.45) is 17.8 Å². The molecule has 1 aromatic carbocycles. The van der Waals surface area contributed by atoms with Gasteiger partial charge in [-0.15, -0.1) is 0 Å². The first-order valence-electron chi connectivity index (χ1n) is 12.1. The minimum atomic E-state index is -5.01. The number of rotatable bonds is 5. The van der Waals surface area contributed by atoms with E-state index in [2.05, 4.69) is 4.90 Å². The van der Waals surface area contributed by atoms with Crippen LogP contribution in [0, 0.1) is 17.8 Å². The van der Waals surface area contributed by atoms with E-state index in [-0.39, 0.29) is 19.0 Å². The van der Waals surface area contributed by atoms with Gasteiger partial charge in [-0.3, -0.25) is 9.59 Å². The minimum absolute atomic E-state index is 0.146. The lowest BCUT2D eigenvalue weighted by Gasteiger charge is -2.43. The van der Waals surface area contributed by atoms with Gasteiger partial charge in [0.15, 0.2) is 0 Å². The molecule has 0 bridgehead atoms. The fourth-order valence-electron chi connectivity index (χ4n) is 5.25. The largest absolute Gasteiger partial charge is 0.426 e. The third-order valence-corrected chi connectivity index (χ3v) is 7.89. The number of likely N-dealkylation sites (tertiary alicyclic amines) is 1. The van der Waals surface area contributed by atoms with Crippen molar-refractivity contribution in [3.8, 4) is 0 Å². The number of halogens is 4. The van der Waals surface area contributed by atoms with Gasteiger partial charge in [-0.05, 0) is 55.7 Å². The number of nitrogens with zero attached hydrogens (tertiary/aromatic N) is 3. The number of carbonyl (C=O) groups is 2. The first-order chi connectivity index (χ1) is 16.3. The summed E-state index contributed by atoms with van der Waals surface area (Å²) in [4.78, 5) is 29.7. The second-order valence-corrected chi connectivity index (χ2v) is 10.6. The van der Waals surface area contributed by atoms with Crippen LogP contribution in [0.15, 0.2) is 18.2 Å². The van der Waals surface area contributed by atoms with Crippen LogP contribution in [0.25, 0.3) is 0 Å². The van der Waals surface area contributed by atoms with Crippen LogP contribution in [0.1, 0.15) is 49.9 Å². The summed E-state index contributed by atoms with van der Waals surface area (Å²) < 4.78 is 40.5. The van der Waals surface area contributed by atoms with Crippen LogP contribution in [-0.2, 0) is 4.79 Å². The molecule has 0 unspecified atom stereocenters. The van der Waals surface area contributed by atoms with E-state index in [1.807, 2.05) is 12.1 Å². The van der Waals surface area contributed by atoms with Crippen molar-refractivity contribution in [2.75, 3.05) is 45.2 Å². The molecule has 2 amide bonds. The van der Waals surface area contributed by atoms with Gasteiger partial charge in [0.1, 0.15) is 0 Å². The SMILES string of the molecule is CC(C)[C@@](O)(C(=O)N1CCC(C2CCN(c3ccc(C(=O)N(C)C)c(Cl)c3)CC2)CC1)C(F)(F)F. The highest BCUT2D eigenvalue weighted by Gasteiger charge is 2.62. The van der Waals surface area contributed by atoms with E-state index in [9.17, 15) is 27.9 Å². The van der Waals surface area contributed by atoms with Crippen LogP contribution in [0.5, 0.6) is 0 Å². The van der Waals surface area contributed by atoms with E-state index in [0.29, 0.717) is 35.3 Å². The molecular formula is C25H35ClF3N3O3. The summed E-state index contributed by atoms with van der Waals surface area (Å²) in [5, 5.41) is 10.7. The third kappa shape index (κ3) is 5.56. The highest BCUT2D eigenvalue weighted by Crippen LogP contribution is 2.40. The van der Waals surface area contributed by atoms with Crippen LogP contribution in [0.3, 0.4) is 0 Å². The highest BCUT2D eigenvalue weighted by molar-refractivity contribution is 6.34. The molecule has 10 heteroatoms. The number of anilines is 1. The van der Waals surface area contributed by atoms with Crippen molar-refractivity contribution in [1.82, 2.24) is 9.80 Å². The molecule has 2 heterocycles. The fourth-order valence-corrected chi connectivity index (χ4v) is 5.51. The van der Waals surface area contributed by atoms with Crippen molar-refractivity contribution in [2.45, 2.75) is 51.3 Å². The summed E-state index contributed by atoms with van der Waals surface area (Å²) in [7, 11) is 3.36. The zero-order valence-corrected chi connectivity index (χ0v) is 21.5. The molecule has 0 aliphatic carbocycles. The molecule has 3 rings (SSSR count). The molecule has 0 spiro atoms. The Labute approximate surface area is 210 Å². The molecular weight excluding hydrogens is 483 g/mol. The Morgan fingerprint density at radius 2 is 1.54 bits per heavy atom. The monoisotopic (exact) mass is 517 g/mol. The molecule has 2 aliphatic rings. The number of aliphatic hydroxyl groups is 1. The van der Waals surface area contributed by atoms with Crippen LogP contribution in [-0.4, -0.2) is 78.8 Å². The lowest BCUT2D eigenvalue weighted by Crippen LogP contribution is -2.62. The van der Waals surface area contributed by atoms with Gasteiger partial charge in [-0.1, -0.05) is 25.4 Å². The molecule has 1 N–H and O–H groups in total. The summed E-state index contributed by atoms with van der Waals surface area (Å²) in [5.41, 5.74) is -1.92. The van der Waals surface area contributed by atoms with Gasteiger partial charge in [0.25, 0.3) is 11.8 Å². The molecule has 0 aromatic heterocycles. The molecule has 1 atom stereocenters. The number of alkyl halides is 3. The number of hydrogen-bond acceptors (Lipinski definition) is 4. The van der Waals surface area contributed by atoms with Gasteiger partial charge in [-0.25, -0.2) is 0 Å². The smallest absolute Gasteiger partial charge is 0.372 e. The first-order valence-corrected chi connectivity index (χ1v) is 12.5. The number of benzene rings is 1. The summed E-state index contributed by atoms with van der Waals surface area (Å²) in [6.45, 7) is 4.53. The molecule has 1 aromatic rings. The molecule has 35 heavy (non-hydrogen) atoms. The van der Waals surface area contributed by atoms with Crippen LogP contribution < -0.4 is 4.90 Å². The Kier molecular flexibility index (Phi) is 8.31. The van der Waals surface area contributed by atoms with E-state index in [1.165, 1.54) is 23.6 Å².